The van der Waals surface area contributed by atoms with Crippen molar-refractivity contribution in [3.05, 3.63) is 6.92 Å². The third kappa shape index (κ3) is 2.33. The van der Waals surface area contributed by atoms with Crippen molar-refractivity contribution in [3.8, 4) is 0 Å². The van der Waals surface area contributed by atoms with Crippen molar-refractivity contribution < 1.29 is 9.84 Å². The van der Waals surface area contributed by atoms with Crippen molar-refractivity contribution in [2.75, 3.05) is 6.61 Å². The Kier molecular flexibility index (Phi) is 2.49. The fourth-order valence-electron chi connectivity index (χ4n) is 1.13. The third-order valence-electron chi connectivity index (χ3n) is 1.56. The Hall–Kier alpha value is -0.0800. The Balaban J connectivity index is 2.11. The lowest BCUT2D eigenvalue weighted by Gasteiger charge is -2.09. The second-order valence-electron chi connectivity index (χ2n) is 2.52. The first-order valence-electron chi connectivity index (χ1n) is 3.42. The summed E-state index contributed by atoms with van der Waals surface area (Å²) in [4.78, 5) is 0. The zero-order valence-electron chi connectivity index (χ0n) is 5.55. The molecular weight excluding hydrogens is 116 g/mol. The number of hydrogen-bond acceptors (Lipinski definition) is 2. The first-order valence-corrected chi connectivity index (χ1v) is 3.42. The fraction of sp³-hybridized carbons (Fsp3) is 0.857. The highest BCUT2D eigenvalue weighted by atomic mass is 16.5. The molecule has 1 fully saturated rings. The Labute approximate surface area is 55.8 Å². The van der Waals surface area contributed by atoms with Crippen LogP contribution in [0.2, 0.25) is 0 Å². The molecule has 1 rings (SSSR count). The Morgan fingerprint density at radius 2 is 2.56 bits per heavy atom. The molecule has 0 aromatic heterocycles. The average Bonchev–Trinajstić information content (AvgIpc) is 2.15. The minimum Gasteiger partial charge on any atom is -0.393 e. The van der Waals surface area contributed by atoms with E-state index < -0.39 is 6.10 Å². The maximum Gasteiger partial charge on any atom is 0.0600 e. The summed E-state index contributed by atoms with van der Waals surface area (Å²) in [6, 6.07) is 0. The molecule has 0 saturated carbocycles. The van der Waals surface area contributed by atoms with Gasteiger partial charge in [0, 0.05) is 6.61 Å². The molecule has 0 spiro atoms. The molecule has 2 atom stereocenters. The first-order chi connectivity index (χ1) is 4.29. The first kappa shape index (κ1) is 7.03. The number of ether oxygens (including phenoxy) is 1. The molecule has 0 amide bonds. The zero-order chi connectivity index (χ0) is 6.69. The topological polar surface area (TPSA) is 29.5 Å². The summed E-state index contributed by atoms with van der Waals surface area (Å²) >= 11 is 0. The van der Waals surface area contributed by atoms with Gasteiger partial charge in [0.05, 0.1) is 12.2 Å². The number of rotatable bonds is 2. The molecule has 1 saturated heterocycles. The highest BCUT2D eigenvalue weighted by Crippen LogP contribution is 2.16. The van der Waals surface area contributed by atoms with Gasteiger partial charge in [0.15, 0.2) is 0 Å². The van der Waals surface area contributed by atoms with E-state index in [1.54, 1.807) is 0 Å². The molecule has 0 aromatic rings. The van der Waals surface area contributed by atoms with E-state index in [2.05, 4.69) is 6.92 Å². The molecule has 1 radical (unpaired) electrons. The molecule has 2 heteroatoms. The summed E-state index contributed by atoms with van der Waals surface area (Å²) in [5, 5.41) is 8.82. The highest BCUT2D eigenvalue weighted by molar-refractivity contribution is 4.70. The largest absolute Gasteiger partial charge is 0.393 e. The van der Waals surface area contributed by atoms with E-state index in [0.717, 1.165) is 19.4 Å². The lowest BCUT2D eigenvalue weighted by molar-refractivity contribution is 0.0684. The molecule has 2 unspecified atom stereocenters. The quantitative estimate of drug-likeness (QED) is 0.596. The van der Waals surface area contributed by atoms with Crippen molar-refractivity contribution in [2.24, 2.45) is 0 Å². The van der Waals surface area contributed by atoms with E-state index >= 15 is 0 Å². The van der Waals surface area contributed by atoms with Gasteiger partial charge < -0.3 is 9.84 Å². The lowest BCUT2D eigenvalue weighted by atomic mass is 10.1. The van der Waals surface area contributed by atoms with Gasteiger partial charge in [-0.15, -0.1) is 0 Å². The number of aliphatic hydroxyl groups is 1. The summed E-state index contributed by atoms with van der Waals surface area (Å²) in [5.41, 5.74) is 0. The minimum absolute atomic E-state index is 0.275. The minimum atomic E-state index is -0.451. The highest BCUT2D eigenvalue weighted by Gasteiger charge is 2.16. The standard InChI is InChI=1S/C7H13O2/c1-6(8)5-7-3-2-4-9-7/h6-8H,1-5H2. The molecular formula is C7H13O2. The zero-order valence-corrected chi connectivity index (χ0v) is 5.55. The van der Waals surface area contributed by atoms with Crippen LogP contribution < -0.4 is 0 Å². The summed E-state index contributed by atoms with van der Waals surface area (Å²) in [7, 11) is 0. The molecule has 0 aliphatic carbocycles. The van der Waals surface area contributed by atoms with Crippen LogP contribution in [0.15, 0.2) is 0 Å². The third-order valence-corrected chi connectivity index (χ3v) is 1.56. The molecule has 0 aromatic carbocycles. The average molecular weight is 129 g/mol. The van der Waals surface area contributed by atoms with Gasteiger partial charge in [-0.2, -0.15) is 0 Å². The van der Waals surface area contributed by atoms with Crippen LogP contribution in [-0.4, -0.2) is 23.9 Å². The van der Waals surface area contributed by atoms with Gasteiger partial charge in [-0.1, -0.05) is 0 Å². The van der Waals surface area contributed by atoms with Crippen LogP contribution in [-0.2, 0) is 4.74 Å². The lowest BCUT2D eigenvalue weighted by Crippen LogP contribution is -2.13. The van der Waals surface area contributed by atoms with E-state index in [9.17, 15) is 0 Å². The number of hydrogen-bond donors (Lipinski definition) is 1. The van der Waals surface area contributed by atoms with Crippen LogP contribution in [0.4, 0.5) is 0 Å². The maximum atomic E-state index is 8.82. The van der Waals surface area contributed by atoms with Gasteiger partial charge >= 0.3 is 0 Å². The van der Waals surface area contributed by atoms with Crippen LogP contribution >= 0.6 is 0 Å². The Bertz CT molecular complexity index is 75.0. The van der Waals surface area contributed by atoms with Crippen molar-refractivity contribution in [2.45, 2.75) is 31.5 Å². The SMILES string of the molecule is [CH2]C(O)CC1CCCO1. The van der Waals surface area contributed by atoms with Gasteiger partial charge in [-0.3, -0.25) is 0 Å². The summed E-state index contributed by atoms with van der Waals surface area (Å²) in [5.74, 6) is 0. The van der Waals surface area contributed by atoms with Gasteiger partial charge in [0.25, 0.3) is 0 Å². The van der Waals surface area contributed by atoms with Crippen molar-refractivity contribution in [3.63, 3.8) is 0 Å². The normalized spacial score (nSPS) is 30.7. The molecule has 53 valence electrons. The Morgan fingerprint density at radius 1 is 1.78 bits per heavy atom. The van der Waals surface area contributed by atoms with Gasteiger partial charge in [0.1, 0.15) is 0 Å². The van der Waals surface area contributed by atoms with Gasteiger partial charge in [0.2, 0.25) is 0 Å². The van der Waals surface area contributed by atoms with Crippen LogP contribution in [0, 0.1) is 6.92 Å². The molecule has 1 N–H and O–H groups in total. The molecule has 1 aliphatic heterocycles. The van der Waals surface area contributed by atoms with E-state index in [-0.39, 0.29) is 6.10 Å². The van der Waals surface area contributed by atoms with Crippen LogP contribution in [0.1, 0.15) is 19.3 Å². The predicted octanol–water partition coefficient (Wildman–Crippen LogP) is 0.750. The van der Waals surface area contributed by atoms with E-state index in [0.29, 0.717) is 6.42 Å². The smallest absolute Gasteiger partial charge is 0.0600 e. The van der Waals surface area contributed by atoms with E-state index in [1.807, 2.05) is 0 Å². The van der Waals surface area contributed by atoms with Gasteiger partial charge in [-0.05, 0) is 26.2 Å². The molecule has 0 bridgehead atoms. The second-order valence-corrected chi connectivity index (χ2v) is 2.52. The predicted molar refractivity (Wildman–Crippen MR) is 35.0 cm³/mol. The van der Waals surface area contributed by atoms with Crippen molar-refractivity contribution in [1.82, 2.24) is 0 Å². The molecule has 9 heavy (non-hydrogen) atoms. The van der Waals surface area contributed by atoms with Gasteiger partial charge in [-0.25, -0.2) is 0 Å². The number of aliphatic hydroxyl groups excluding tert-OH is 1. The van der Waals surface area contributed by atoms with Crippen molar-refractivity contribution in [1.29, 1.82) is 0 Å². The summed E-state index contributed by atoms with van der Waals surface area (Å²) < 4.78 is 5.26. The second kappa shape index (κ2) is 3.18. The maximum absolute atomic E-state index is 8.82. The Morgan fingerprint density at radius 3 is 3.00 bits per heavy atom. The van der Waals surface area contributed by atoms with E-state index in [1.165, 1.54) is 0 Å². The monoisotopic (exact) mass is 129 g/mol. The summed E-state index contributed by atoms with van der Waals surface area (Å²) in [6.45, 7) is 4.34. The summed E-state index contributed by atoms with van der Waals surface area (Å²) in [6.07, 6.45) is 2.75. The van der Waals surface area contributed by atoms with E-state index in [4.69, 9.17) is 9.84 Å². The van der Waals surface area contributed by atoms with Crippen LogP contribution in [0.3, 0.4) is 0 Å². The molecule has 1 heterocycles. The van der Waals surface area contributed by atoms with Crippen LogP contribution in [0.25, 0.3) is 0 Å². The fourth-order valence-corrected chi connectivity index (χ4v) is 1.13. The van der Waals surface area contributed by atoms with Crippen LogP contribution in [0.5, 0.6) is 0 Å². The van der Waals surface area contributed by atoms with Crippen molar-refractivity contribution >= 4 is 0 Å². The molecule has 2 nitrogen and oxygen atoms in total. The molecule has 1 aliphatic rings.